The molecule has 0 bridgehead atoms. The summed E-state index contributed by atoms with van der Waals surface area (Å²) >= 11 is 0. The maximum absolute atomic E-state index is 11.4. The molecule has 6 nitrogen and oxygen atoms in total. The molecule has 86 valence electrons. The SMILES string of the molecule is CC1(C)OC2C(=O)O[C@H](C(O)CO)[C@H]2O1. The standard InChI is InChI=1S/C9H14O6/c1-9(2)14-6-5(4(11)3-10)13-8(12)7(6)15-9/h4-7,10-11H,3H2,1-2H3/t4?,5-,6-,7?/m1/s1. The van der Waals surface area contributed by atoms with Crippen LogP contribution in [0.2, 0.25) is 0 Å². The van der Waals surface area contributed by atoms with E-state index in [1.54, 1.807) is 13.8 Å². The molecule has 0 spiro atoms. The summed E-state index contributed by atoms with van der Waals surface area (Å²) in [4.78, 5) is 11.4. The molecule has 2 unspecified atom stereocenters. The number of fused-ring (bicyclic) bond motifs is 1. The molecule has 6 heteroatoms. The zero-order chi connectivity index (χ0) is 11.2. The monoisotopic (exact) mass is 218 g/mol. The number of rotatable bonds is 2. The van der Waals surface area contributed by atoms with Gasteiger partial charge in [-0.15, -0.1) is 0 Å². The minimum absolute atomic E-state index is 0.481. The fraction of sp³-hybridized carbons (Fsp3) is 0.889. The Morgan fingerprint density at radius 3 is 2.73 bits per heavy atom. The Morgan fingerprint density at radius 2 is 2.13 bits per heavy atom. The van der Waals surface area contributed by atoms with Crippen LogP contribution < -0.4 is 0 Å². The highest BCUT2D eigenvalue weighted by molar-refractivity contribution is 5.78. The second kappa shape index (κ2) is 3.41. The van der Waals surface area contributed by atoms with Crippen molar-refractivity contribution in [2.75, 3.05) is 6.61 Å². The Balaban J connectivity index is 2.16. The summed E-state index contributed by atoms with van der Waals surface area (Å²) in [7, 11) is 0. The van der Waals surface area contributed by atoms with Gasteiger partial charge in [0.2, 0.25) is 0 Å². The van der Waals surface area contributed by atoms with Crippen LogP contribution in [0.15, 0.2) is 0 Å². The van der Waals surface area contributed by atoms with Crippen molar-refractivity contribution in [3.8, 4) is 0 Å². The molecular weight excluding hydrogens is 204 g/mol. The number of cyclic esters (lactones) is 1. The van der Waals surface area contributed by atoms with Gasteiger partial charge in [0.25, 0.3) is 0 Å². The van der Waals surface area contributed by atoms with E-state index in [1.165, 1.54) is 0 Å². The average Bonchev–Trinajstić information content (AvgIpc) is 2.61. The van der Waals surface area contributed by atoms with Gasteiger partial charge in [-0.1, -0.05) is 0 Å². The van der Waals surface area contributed by atoms with Crippen molar-refractivity contribution < 1.29 is 29.2 Å². The fourth-order valence-electron chi connectivity index (χ4n) is 1.88. The third-order valence-electron chi connectivity index (χ3n) is 2.50. The summed E-state index contributed by atoms with van der Waals surface area (Å²) in [5, 5.41) is 18.2. The fourth-order valence-corrected chi connectivity index (χ4v) is 1.88. The van der Waals surface area contributed by atoms with Gasteiger partial charge in [0.15, 0.2) is 18.0 Å². The van der Waals surface area contributed by atoms with Crippen LogP contribution in [0.3, 0.4) is 0 Å². The zero-order valence-electron chi connectivity index (χ0n) is 8.54. The van der Waals surface area contributed by atoms with Crippen LogP contribution in [-0.2, 0) is 19.0 Å². The van der Waals surface area contributed by atoms with Crippen LogP contribution in [0.4, 0.5) is 0 Å². The van der Waals surface area contributed by atoms with E-state index in [1.807, 2.05) is 0 Å². The predicted molar refractivity (Wildman–Crippen MR) is 46.8 cm³/mol. The minimum Gasteiger partial charge on any atom is -0.455 e. The molecule has 2 rings (SSSR count). The van der Waals surface area contributed by atoms with Gasteiger partial charge in [0.1, 0.15) is 12.2 Å². The number of aliphatic hydroxyl groups excluding tert-OH is 2. The van der Waals surface area contributed by atoms with Gasteiger partial charge in [-0.3, -0.25) is 0 Å². The number of aliphatic hydroxyl groups is 2. The lowest BCUT2D eigenvalue weighted by Crippen LogP contribution is -2.40. The maximum Gasteiger partial charge on any atom is 0.338 e. The average molecular weight is 218 g/mol. The second-order valence-electron chi connectivity index (χ2n) is 4.17. The molecule has 0 aromatic heterocycles. The molecule has 0 aliphatic carbocycles. The lowest BCUT2D eigenvalue weighted by atomic mass is 10.1. The first-order chi connectivity index (χ1) is 6.94. The van der Waals surface area contributed by atoms with Crippen LogP contribution in [0, 0.1) is 0 Å². The maximum atomic E-state index is 11.4. The molecule has 15 heavy (non-hydrogen) atoms. The van der Waals surface area contributed by atoms with E-state index in [0.717, 1.165) is 0 Å². The Labute approximate surface area is 86.7 Å². The van der Waals surface area contributed by atoms with Crippen LogP contribution >= 0.6 is 0 Å². The van der Waals surface area contributed by atoms with Crippen molar-refractivity contribution in [1.82, 2.24) is 0 Å². The molecule has 2 aliphatic rings. The molecule has 2 heterocycles. The van der Waals surface area contributed by atoms with E-state index in [4.69, 9.17) is 19.3 Å². The summed E-state index contributed by atoms with van der Waals surface area (Å²) < 4.78 is 15.6. The van der Waals surface area contributed by atoms with E-state index in [-0.39, 0.29) is 0 Å². The first kappa shape index (κ1) is 10.8. The molecule has 2 N–H and O–H groups in total. The molecule has 4 atom stereocenters. The van der Waals surface area contributed by atoms with Gasteiger partial charge in [0.05, 0.1) is 6.61 Å². The van der Waals surface area contributed by atoms with Gasteiger partial charge in [0, 0.05) is 0 Å². The number of ether oxygens (including phenoxy) is 3. The van der Waals surface area contributed by atoms with E-state index in [0.29, 0.717) is 0 Å². The van der Waals surface area contributed by atoms with E-state index in [2.05, 4.69) is 0 Å². The summed E-state index contributed by atoms with van der Waals surface area (Å²) in [5.74, 6) is -1.41. The lowest BCUT2D eigenvalue weighted by molar-refractivity contribution is -0.195. The highest BCUT2D eigenvalue weighted by Gasteiger charge is 2.57. The van der Waals surface area contributed by atoms with E-state index in [9.17, 15) is 9.90 Å². The quantitative estimate of drug-likeness (QED) is 0.565. The molecule has 2 aliphatic heterocycles. The zero-order valence-corrected chi connectivity index (χ0v) is 8.54. The van der Waals surface area contributed by atoms with Crippen molar-refractivity contribution in [1.29, 1.82) is 0 Å². The Kier molecular flexibility index (Phi) is 2.46. The van der Waals surface area contributed by atoms with Crippen molar-refractivity contribution in [2.24, 2.45) is 0 Å². The van der Waals surface area contributed by atoms with Crippen molar-refractivity contribution in [2.45, 2.75) is 44.1 Å². The lowest BCUT2D eigenvalue weighted by Gasteiger charge is -2.23. The van der Waals surface area contributed by atoms with Crippen molar-refractivity contribution in [3.05, 3.63) is 0 Å². The number of carbonyl (C=O) groups excluding carboxylic acids is 1. The van der Waals surface area contributed by atoms with Gasteiger partial charge in [-0.25, -0.2) is 4.79 Å². The largest absolute Gasteiger partial charge is 0.455 e. The Morgan fingerprint density at radius 1 is 1.47 bits per heavy atom. The molecular formula is C9H14O6. The molecule has 0 saturated carbocycles. The molecule has 0 aromatic rings. The Bertz CT molecular complexity index is 276. The number of carbonyl (C=O) groups is 1. The smallest absolute Gasteiger partial charge is 0.338 e. The molecule has 0 aromatic carbocycles. The van der Waals surface area contributed by atoms with Crippen LogP contribution in [0.5, 0.6) is 0 Å². The highest BCUT2D eigenvalue weighted by atomic mass is 16.8. The molecule has 0 amide bonds. The topological polar surface area (TPSA) is 85.2 Å². The number of esters is 1. The van der Waals surface area contributed by atoms with Gasteiger partial charge >= 0.3 is 5.97 Å². The predicted octanol–water partition coefficient (Wildman–Crippen LogP) is -1.21. The van der Waals surface area contributed by atoms with Crippen LogP contribution in [0.1, 0.15) is 13.8 Å². The Hall–Kier alpha value is -0.690. The normalized spacial score (nSPS) is 40.0. The second-order valence-corrected chi connectivity index (χ2v) is 4.17. The molecule has 2 saturated heterocycles. The van der Waals surface area contributed by atoms with Crippen molar-refractivity contribution >= 4 is 5.97 Å². The first-order valence-electron chi connectivity index (χ1n) is 4.79. The summed E-state index contributed by atoms with van der Waals surface area (Å²) in [6.45, 7) is 2.88. The number of hydrogen-bond donors (Lipinski definition) is 2. The summed E-state index contributed by atoms with van der Waals surface area (Å²) in [6, 6.07) is 0. The van der Waals surface area contributed by atoms with Crippen LogP contribution in [0.25, 0.3) is 0 Å². The number of hydrogen-bond acceptors (Lipinski definition) is 6. The van der Waals surface area contributed by atoms with Crippen LogP contribution in [-0.4, -0.2) is 53.0 Å². The van der Waals surface area contributed by atoms with Gasteiger partial charge in [-0.05, 0) is 13.8 Å². The summed E-state index contributed by atoms with van der Waals surface area (Å²) in [6.07, 6.45) is -3.43. The molecule has 0 radical (unpaired) electrons. The van der Waals surface area contributed by atoms with Gasteiger partial charge < -0.3 is 24.4 Å². The van der Waals surface area contributed by atoms with E-state index < -0.39 is 42.8 Å². The summed E-state index contributed by atoms with van der Waals surface area (Å²) in [5.41, 5.74) is 0. The highest BCUT2D eigenvalue weighted by Crippen LogP contribution is 2.36. The third kappa shape index (κ3) is 1.74. The third-order valence-corrected chi connectivity index (χ3v) is 2.50. The first-order valence-corrected chi connectivity index (χ1v) is 4.79. The van der Waals surface area contributed by atoms with Crippen molar-refractivity contribution in [3.63, 3.8) is 0 Å². The van der Waals surface area contributed by atoms with Gasteiger partial charge in [-0.2, -0.15) is 0 Å². The minimum atomic E-state index is -1.14. The van der Waals surface area contributed by atoms with E-state index >= 15 is 0 Å². The molecule has 2 fully saturated rings.